The Bertz CT molecular complexity index is 1210. The number of ether oxygens (including phenoxy) is 3. The van der Waals surface area contributed by atoms with Crippen LogP contribution < -0.4 is 30.8 Å². The van der Waals surface area contributed by atoms with E-state index in [0.717, 1.165) is 10.3 Å². The van der Waals surface area contributed by atoms with Crippen molar-refractivity contribution < 1.29 is 19.0 Å². The lowest BCUT2D eigenvalue weighted by atomic mass is 9.76. The predicted molar refractivity (Wildman–Crippen MR) is 114 cm³/mol. The van der Waals surface area contributed by atoms with E-state index in [1.54, 1.807) is 19.2 Å². The summed E-state index contributed by atoms with van der Waals surface area (Å²) in [7, 11) is 7.57. The fourth-order valence-corrected chi connectivity index (χ4v) is 4.50. The molecule has 0 spiro atoms. The number of methoxy groups -OCH3 is 3. The van der Waals surface area contributed by atoms with Crippen molar-refractivity contribution in [1.29, 1.82) is 0 Å². The quantitative estimate of drug-likeness (QED) is 0.792. The molecule has 1 aliphatic heterocycles. The third-order valence-electron chi connectivity index (χ3n) is 6.02. The molecule has 0 amide bonds. The maximum Gasteiger partial charge on any atom is 0.332 e. The maximum absolute atomic E-state index is 13.3. The van der Waals surface area contributed by atoms with Crippen molar-refractivity contribution in [3.8, 4) is 17.2 Å². The van der Waals surface area contributed by atoms with E-state index >= 15 is 0 Å². The van der Waals surface area contributed by atoms with Gasteiger partial charge < -0.3 is 19.5 Å². The summed E-state index contributed by atoms with van der Waals surface area (Å²) in [6.45, 7) is 0. The lowest BCUT2D eigenvalue weighted by molar-refractivity contribution is -0.116. The van der Waals surface area contributed by atoms with Crippen molar-refractivity contribution in [3.05, 3.63) is 55.4 Å². The molecule has 0 fully saturated rings. The molecular weight excluding hydrogens is 402 g/mol. The molecule has 1 aliphatic carbocycles. The standard InChI is InChI=1S/C22H25N3O6/c1-24-20-18(21(27)25(2)22(24)28)16(17-12(23-20)7-6-8-13(17)26)11-9-14(29-3)19(31-5)15(10-11)30-4/h9-10,16,23H,6-8H2,1-5H3/t16-/m1/s1. The van der Waals surface area contributed by atoms with Crippen LogP contribution in [-0.4, -0.2) is 36.2 Å². The number of anilines is 1. The highest BCUT2D eigenvalue weighted by Gasteiger charge is 2.39. The highest BCUT2D eigenvalue weighted by Crippen LogP contribution is 2.47. The summed E-state index contributed by atoms with van der Waals surface area (Å²) in [6.07, 6.45) is 1.77. The predicted octanol–water partition coefficient (Wildman–Crippen LogP) is 1.67. The number of rotatable bonds is 4. The van der Waals surface area contributed by atoms with Crippen LogP contribution in [0.4, 0.5) is 5.82 Å². The van der Waals surface area contributed by atoms with Gasteiger partial charge in [-0.05, 0) is 30.5 Å². The first kappa shape index (κ1) is 20.8. The molecule has 0 radical (unpaired) electrons. The van der Waals surface area contributed by atoms with Crippen molar-refractivity contribution in [2.24, 2.45) is 14.1 Å². The third-order valence-corrected chi connectivity index (χ3v) is 6.02. The zero-order chi connectivity index (χ0) is 22.4. The van der Waals surface area contributed by atoms with Gasteiger partial charge in [0.2, 0.25) is 5.75 Å². The van der Waals surface area contributed by atoms with Gasteiger partial charge in [0.25, 0.3) is 5.56 Å². The van der Waals surface area contributed by atoms with E-state index in [1.807, 2.05) is 0 Å². The Labute approximate surface area is 178 Å². The SMILES string of the molecule is COc1cc([C@@H]2C3=C(CCCC3=O)Nc3c2c(=O)n(C)c(=O)n3C)cc(OC)c1OC. The smallest absolute Gasteiger partial charge is 0.332 e. The van der Waals surface area contributed by atoms with Crippen LogP contribution >= 0.6 is 0 Å². The molecule has 2 aliphatic rings. The number of hydrogen-bond acceptors (Lipinski definition) is 7. The van der Waals surface area contributed by atoms with Crippen LogP contribution in [0.25, 0.3) is 0 Å². The molecule has 1 aromatic heterocycles. The van der Waals surface area contributed by atoms with Crippen molar-refractivity contribution in [2.75, 3.05) is 26.6 Å². The summed E-state index contributed by atoms with van der Waals surface area (Å²) in [5.41, 5.74) is 1.39. The number of carbonyl (C=O) groups is 1. The molecule has 1 atom stereocenters. The Morgan fingerprint density at radius 2 is 1.58 bits per heavy atom. The first-order valence-corrected chi connectivity index (χ1v) is 9.97. The number of nitrogens with zero attached hydrogens (tertiary/aromatic N) is 2. The number of hydrogen-bond donors (Lipinski definition) is 1. The van der Waals surface area contributed by atoms with Gasteiger partial charge in [-0.3, -0.25) is 18.7 Å². The highest BCUT2D eigenvalue weighted by molar-refractivity contribution is 6.01. The van der Waals surface area contributed by atoms with Crippen molar-refractivity contribution in [2.45, 2.75) is 25.2 Å². The fourth-order valence-electron chi connectivity index (χ4n) is 4.50. The molecule has 2 heterocycles. The lowest BCUT2D eigenvalue weighted by Crippen LogP contribution is -2.44. The summed E-state index contributed by atoms with van der Waals surface area (Å²) in [5.74, 6) is 0.973. The van der Waals surface area contributed by atoms with E-state index < -0.39 is 17.2 Å². The molecule has 0 saturated carbocycles. The largest absolute Gasteiger partial charge is 0.493 e. The first-order valence-electron chi connectivity index (χ1n) is 9.97. The van der Waals surface area contributed by atoms with Gasteiger partial charge in [0.15, 0.2) is 17.3 Å². The van der Waals surface area contributed by atoms with Crippen LogP contribution in [-0.2, 0) is 18.9 Å². The minimum atomic E-state index is -0.668. The van der Waals surface area contributed by atoms with Gasteiger partial charge in [0.05, 0.1) is 26.9 Å². The van der Waals surface area contributed by atoms with Gasteiger partial charge in [0, 0.05) is 37.7 Å². The Morgan fingerprint density at radius 3 is 2.16 bits per heavy atom. The molecule has 31 heavy (non-hydrogen) atoms. The summed E-state index contributed by atoms with van der Waals surface area (Å²) in [6, 6.07) is 3.50. The molecule has 9 nitrogen and oxygen atoms in total. The summed E-state index contributed by atoms with van der Waals surface area (Å²) in [5, 5.41) is 3.21. The molecule has 2 aromatic rings. The number of benzene rings is 1. The van der Waals surface area contributed by atoms with Gasteiger partial charge in [0.1, 0.15) is 5.82 Å². The average Bonchev–Trinajstić information content (AvgIpc) is 2.79. The molecular formula is C22H25N3O6. The van der Waals surface area contributed by atoms with Crippen molar-refractivity contribution >= 4 is 11.6 Å². The maximum atomic E-state index is 13.3. The topological polar surface area (TPSA) is 101 Å². The summed E-state index contributed by atoms with van der Waals surface area (Å²) in [4.78, 5) is 38.9. The molecule has 0 saturated heterocycles. The van der Waals surface area contributed by atoms with E-state index in [4.69, 9.17) is 14.2 Å². The van der Waals surface area contributed by atoms with E-state index in [9.17, 15) is 14.4 Å². The second kappa shape index (κ2) is 7.64. The number of nitrogens with one attached hydrogen (secondary N) is 1. The molecule has 164 valence electrons. The van der Waals surface area contributed by atoms with Crippen molar-refractivity contribution in [1.82, 2.24) is 9.13 Å². The van der Waals surface area contributed by atoms with E-state index in [0.29, 0.717) is 59.0 Å². The number of carbonyl (C=O) groups excluding carboxylic acids is 1. The van der Waals surface area contributed by atoms with Crippen LogP contribution in [0.2, 0.25) is 0 Å². The number of Topliss-reactive ketones (excluding diaryl/α,β-unsaturated/α-hetero) is 1. The van der Waals surface area contributed by atoms with E-state index in [-0.39, 0.29) is 5.78 Å². The minimum absolute atomic E-state index is 0.0194. The highest BCUT2D eigenvalue weighted by atomic mass is 16.5. The normalized spacial score (nSPS) is 17.6. The number of fused-ring (bicyclic) bond motifs is 1. The molecule has 1 aromatic carbocycles. The number of aromatic nitrogens is 2. The van der Waals surface area contributed by atoms with E-state index in [2.05, 4.69) is 5.32 Å². The second-order valence-electron chi connectivity index (χ2n) is 7.65. The molecule has 1 N–H and O–H groups in total. The molecule has 4 rings (SSSR count). The second-order valence-corrected chi connectivity index (χ2v) is 7.65. The van der Waals surface area contributed by atoms with Gasteiger partial charge in [-0.1, -0.05) is 0 Å². The van der Waals surface area contributed by atoms with Crippen LogP contribution in [0.3, 0.4) is 0 Å². The zero-order valence-corrected chi connectivity index (χ0v) is 18.2. The summed E-state index contributed by atoms with van der Waals surface area (Å²) >= 11 is 0. The van der Waals surface area contributed by atoms with Gasteiger partial charge in [-0.25, -0.2) is 4.79 Å². The lowest BCUT2D eigenvalue weighted by Gasteiger charge is -2.34. The van der Waals surface area contributed by atoms with Gasteiger partial charge in [-0.2, -0.15) is 0 Å². The van der Waals surface area contributed by atoms with Crippen LogP contribution in [0.15, 0.2) is 33.0 Å². The number of allylic oxidation sites excluding steroid dienone is 2. The van der Waals surface area contributed by atoms with Gasteiger partial charge >= 0.3 is 5.69 Å². The fraction of sp³-hybridized carbons (Fsp3) is 0.409. The third kappa shape index (κ3) is 3.03. The monoisotopic (exact) mass is 427 g/mol. The van der Waals surface area contributed by atoms with Crippen LogP contribution in [0.1, 0.15) is 36.3 Å². The minimum Gasteiger partial charge on any atom is -0.493 e. The Kier molecular flexibility index (Phi) is 5.12. The van der Waals surface area contributed by atoms with Crippen molar-refractivity contribution in [3.63, 3.8) is 0 Å². The van der Waals surface area contributed by atoms with Gasteiger partial charge in [-0.15, -0.1) is 0 Å². The molecule has 0 unspecified atom stereocenters. The zero-order valence-electron chi connectivity index (χ0n) is 18.2. The van der Waals surface area contributed by atoms with Crippen LogP contribution in [0.5, 0.6) is 17.2 Å². The molecule has 9 heteroatoms. The Balaban J connectivity index is 2.10. The summed E-state index contributed by atoms with van der Waals surface area (Å²) < 4.78 is 18.9. The number of ketones is 1. The first-order chi connectivity index (χ1) is 14.8. The van der Waals surface area contributed by atoms with E-state index in [1.165, 1.54) is 32.9 Å². The Hall–Kier alpha value is -3.49. The molecule has 0 bridgehead atoms. The van der Waals surface area contributed by atoms with Crippen LogP contribution in [0, 0.1) is 0 Å². The average molecular weight is 427 g/mol. The Morgan fingerprint density at radius 1 is 0.935 bits per heavy atom.